The van der Waals surface area contributed by atoms with E-state index in [9.17, 15) is 4.79 Å². The summed E-state index contributed by atoms with van der Waals surface area (Å²) in [6.45, 7) is 6.22. The highest BCUT2D eigenvalue weighted by Crippen LogP contribution is 2.22. The quantitative estimate of drug-likeness (QED) is 0.755. The van der Waals surface area contributed by atoms with E-state index >= 15 is 0 Å². The first kappa shape index (κ1) is 16.1. The molecule has 0 aromatic heterocycles. The molecule has 0 radical (unpaired) electrons. The van der Waals surface area contributed by atoms with Crippen LogP contribution in [0.15, 0.2) is 29.2 Å². The molecule has 0 saturated heterocycles. The number of thioether (sulfide) groups is 1. The van der Waals surface area contributed by atoms with Crippen LogP contribution < -0.4 is 10.6 Å². The van der Waals surface area contributed by atoms with Crippen LogP contribution in [0.1, 0.15) is 38.8 Å². The molecule has 0 bridgehead atoms. The van der Waals surface area contributed by atoms with Crippen molar-refractivity contribution < 1.29 is 4.79 Å². The van der Waals surface area contributed by atoms with Gasteiger partial charge in [-0.2, -0.15) is 0 Å². The van der Waals surface area contributed by atoms with Gasteiger partial charge in [0, 0.05) is 17.0 Å². The molecular formula is C15H24N2OS. The lowest BCUT2D eigenvalue weighted by Crippen LogP contribution is -2.33. The molecule has 3 nitrogen and oxygen atoms in total. The molecule has 1 amide bonds. The van der Waals surface area contributed by atoms with E-state index in [1.54, 1.807) is 11.8 Å². The van der Waals surface area contributed by atoms with E-state index in [1.807, 2.05) is 26.1 Å². The molecule has 2 unspecified atom stereocenters. The third-order valence-corrected chi connectivity index (χ3v) is 4.17. The van der Waals surface area contributed by atoms with Gasteiger partial charge in [0.1, 0.15) is 0 Å². The Bertz CT molecular complexity index is 409. The van der Waals surface area contributed by atoms with E-state index in [2.05, 4.69) is 36.6 Å². The van der Waals surface area contributed by atoms with Gasteiger partial charge in [0.15, 0.2) is 0 Å². The number of amides is 1. The average Bonchev–Trinajstić information content (AvgIpc) is 2.44. The van der Waals surface area contributed by atoms with Gasteiger partial charge in [-0.15, -0.1) is 11.8 Å². The fourth-order valence-corrected chi connectivity index (χ4v) is 2.38. The first-order valence-corrected chi connectivity index (χ1v) is 7.74. The third kappa shape index (κ3) is 5.66. The summed E-state index contributed by atoms with van der Waals surface area (Å²) in [6.07, 6.45) is 0.964. The standard InChI is InChI=1S/C15H24N2OS/c1-5-11(2)17-15(18)10-19-14-8-6-7-13(9-14)12(3)16-4/h6-9,11-12,16H,5,10H2,1-4H3,(H,17,18). The van der Waals surface area contributed by atoms with Crippen LogP contribution in [0.5, 0.6) is 0 Å². The minimum atomic E-state index is 0.103. The first-order valence-electron chi connectivity index (χ1n) is 6.76. The van der Waals surface area contributed by atoms with Crippen molar-refractivity contribution in [1.29, 1.82) is 0 Å². The number of benzene rings is 1. The van der Waals surface area contributed by atoms with E-state index < -0.39 is 0 Å². The molecule has 19 heavy (non-hydrogen) atoms. The van der Waals surface area contributed by atoms with Crippen LogP contribution in [0.4, 0.5) is 0 Å². The lowest BCUT2D eigenvalue weighted by Gasteiger charge is -2.13. The van der Waals surface area contributed by atoms with Crippen molar-refractivity contribution in [3.8, 4) is 0 Å². The Labute approximate surface area is 120 Å². The number of carbonyl (C=O) groups excluding carboxylic acids is 1. The number of hydrogen-bond acceptors (Lipinski definition) is 3. The summed E-state index contributed by atoms with van der Waals surface area (Å²) < 4.78 is 0. The second-order valence-corrected chi connectivity index (χ2v) is 5.80. The summed E-state index contributed by atoms with van der Waals surface area (Å²) >= 11 is 1.58. The predicted molar refractivity (Wildman–Crippen MR) is 82.5 cm³/mol. The second-order valence-electron chi connectivity index (χ2n) is 4.75. The number of nitrogens with one attached hydrogen (secondary N) is 2. The van der Waals surface area contributed by atoms with Gasteiger partial charge in [0.2, 0.25) is 5.91 Å². The van der Waals surface area contributed by atoms with Crippen molar-refractivity contribution in [3.05, 3.63) is 29.8 Å². The molecule has 0 spiro atoms. The lowest BCUT2D eigenvalue weighted by molar-refractivity contribution is -0.119. The Kier molecular flexibility index (Phi) is 6.95. The van der Waals surface area contributed by atoms with Gasteiger partial charge in [-0.3, -0.25) is 4.79 Å². The van der Waals surface area contributed by atoms with Gasteiger partial charge >= 0.3 is 0 Å². The molecule has 106 valence electrons. The second kappa shape index (κ2) is 8.23. The van der Waals surface area contributed by atoms with E-state index in [4.69, 9.17) is 0 Å². The van der Waals surface area contributed by atoms with Crippen molar-refractivity contribution in [2.24, 2.45) is 0 Å². The van der Waals surface area contributed by atoms with Crippen LogP contribution in [0.2, 0.25) is 0 Å². The molecule has 0 heterocycles. The summed E-state index contributed by atoms with van der Waals surface area (Å²) in [5, 5.41) is 6.19. The van der Waals surface area contributed by atoms with Crippen molar-refractivity contribution in [2.75, 3.05) is 12.8 Å². The minimum Gasteiger partial charge on any atom is -0.353 e. The summed E-state index contributed by atoms with van der Waals surface area (Å²) in [6, 6.07) is 8.91. The predicted octanol–water partition coefficient (Wildman–Crippen LogP) is 2.97. The third-order valence-electron chi connectivity index (χ3n) is 3.18. The van der Waals surface area contributed by atoms with Crippen LogP contribution >= 0.6 is 11.8 Å². The van der Waals surface area contributed by atoms with Gasteiger partial charge in [0.25, 0.3) is 0 Å². The molecule has 0 aliphatic rings. The van der Waals surface area contributed by atoms with Gasteiger partial charge in [0.05, 0.1) is 5.75 Å². The van der Waals surface area contributed by atoms with Gasteiger partial charge in [-0.05, 0) is 45.0 Å². The lowest BCUT2D eigenvalue weighted by atomic mass is 10.1. The van der Waals surface area contributed by atoms with Crippen molar-refractivity contribution in [3.63, 3.8) is 0 Å². The summed E-state index contributed by atoms with van der Waals surface area (Å²) in [5.74, 6) is 0.577. The van der Waals surface area contributed by atoms with E-state index in [1.165, 1.54) is 5.56 Å². The smallest absolute Gasteiger partial charge is 0.230 e. The van der Waals surface area contributed by atoms with E-state index in [0.717, 1.165) is 11.3 Å². The maximum Gasteiger partial charge on any atom is 0.230 e. The van der Waals surface area contributed by atoms with E-state index in [-0.39, 0.29) is 11.9 Å². The highest BCUT2D eigenvalue weighted by atomic mass is 32.2. The van der Waals surface area contributed by atoms with E-state index in [0.29, 0.717) is 11.8 Å². The highest BCUT2D eigenvalue weighted by molar-refractivity contribution is 8.00. The van der Waals surface area contributed by atoms with Crippen LogP contribution in [0.25, 0.3) is 0 Å². The summed E-state index contributed by atoms with van der Waals surface area (Å²) in [4.78, 5) is 12.9. The molecule has 1 aromatic carbocycles. The average molecular weight is 280 g/mol. The van der Waals surface area contributed by atoms with Crippen LogP contribution in [0, 0.1) is 0 Å². The Hall–Kier alpha value is -1.00. The van der Waals surface area contributed by atoms with Gasteiger partial charge in [-0.1, -0.05) is 19.1 Å². The highest BCUT2D eigenvalue weighted by Gasteiger charge is 2.07. The Morgan fingerprint density at radius 3 is 2.74 bits per heavy atom. The fourth-order valence-electron chi connectivity index (χ4n) is 1.61. The van der Waals surface area contributed by atoms with Crippen LogP contribution in [-0.2, 0) is 4.79 Å². The zero-order valence-corrected chi connectivity index (χ0v) is 13.0. The SMILES string of the molecule is CCC(C)NC(=O)CSc1cccc(C(C)NC)c1. The fraction of sp³-hybridized carbons (Fsp3) is 0.533. The monoisotopic (exact) mass is 280 g/mol. The molecule has 2 atom stereocenters. The topological polar surface area (TPSA) is 41.1 Å². The largest absolute Gasteiger partial charge is 0.353 e. The molecule has 0 fully saturated rings. The molecule has 1 aromatic rings. The molecular weight excluding hydrogens is 256 g/mol. The van der Waals surface area contributed by atoms with Crippen molar-refractivity contribution in [1.82, 2.24) is 10.6 Å². The Morgan fingerprint density at radius 2 is 2.11 bits per heavy atom. The zero-order chi connectivity index (χ0) is 14.3. The van der Waals surface area contributed by atoms with Crippen molar-refractivity contribution in [2.45, 2.75) is 44.2 Å². The molecule has 1 rings (SSSR count). The maximum absolute atomic E-state index is 11.7. The zero-order valence-electron chi connectivity index (χ0n) is 12.2. The molecule has 2 N–H and O–H groups in total. The minimum absolute atomic E-state index is 0.103. The number of rotatable bonds is 7. The molecule has 0 aliphatic carbocycles. The van der Waals surface area contributed by atoms with Crippen molar-refractivity contribution >= 4 is 17.7 Å². The number of carbonyl (C=O) groups is 1. The molecule has 0 saturated carbocycles. The molecule has 4 heteroatoms. The normalized spacial score (nSPS) is 13.9. The maximum atomic E-state index is 11.7. The molecule has 0 aliphatic heterocycles. The Morgan fingerprint density at radius 1 is 1.37 bits per heavy atom. The summed E-state index contributed by atoms with van der Waals surface area (Å²) in [5.41, 5.74) is 1.25. The van der Waals surface area contributed by atoms with Gasteiger partial charge in [-0.25, -0.2) is 0 Å². The summed E-state index contributed by atoms with van der Waals surface area (Å²) in [7, 11) is 1.95. The Balaban J connectivity index is 2.51. The van der Waals surface area contributed by atoms with Gasteiger partial charge < -0.3 is 10.6 Å². The van der Waals surface area contributed by atoms with Crippen LogP contribution in [-0.4, -0.2) is 24.7 Å². The van der Waals surface area contributed by atoms with Crippen LogP contribution in [0.3, 0.4) is 0 Å². The first-order chi connectivity index (χ1) is 9.06. The number of hydrogen-bond donors (Lipinski definition) is 2.